The van der Waals surface area contributed by atoms with Crippen molar-refractivity contribution < 1.29 is 23.4 Å². The summed E-state index contributed by atoms with van der Waals surface area (Å²) in [5, 5.41) is 9.96. The monoisotopic (exact) mass is 347 g/mol. The molecule has 1 heterocycles. The second kappa shape index (κ2) is 7.19. The van der Waals surface area contributed by atoms with Gasteiger partial charge in [0.15, 0.2) is 11.6 Å². The van der Waals surface area contributed by atoms with E-state index in [0.717, 1.165) is 0 Å². The standard InChI is InChI=1S/C19H19F2NO3/c1-25-18-6-5-12(7-16(18)21)8-19(24)22-11-15(23)10-17(22)13-3-2-4-14(20)9-13/h2-7,9,15,17,23H,8,10-11H2,1H3/t15-,17+/m0/s1. The van der Waals surface area contributed by atoms with Crippen molar-refractivity contribution in [3.63, 3.8) is 0 Å². The van der Waals surface area contributed by atoms with E-state index in [9.17, 15) is 18.7 Å². The Morgan fingerprint density at radius 1 is 1.28 bits per heavy atom. The van der Waals surface area contributed by atoms with Crippen LogP contribution in [0.5, 0.6) is 5.75 Å². The minimum absolute atomic E-state index is 0.000546. The van der Waals surface area contributed by atoms with Gasteiger partial charge in [0.25, 0.3) is 0 Å². The van der Waals surface area contributed by atoms with Gasteiger partial charge in [-0.15, -0.1) is 0 Å². The third-order valence-electron chi connectivity index (χ3n) is 4.40. The number of ether oxygens (including phenoxy) is 1. The average molecular weight is 347 g/mol. The number of nitrogens with zero attached hydrogens (tertiary/aromatic N) is 1. The highest BCUT2D eigenvalue weighted by Crippen LogP contribution is 2.33. The molecular formula is C19H19F2NO3. The molecule has 0 radical (unpaired) electrons. The van der Waals surface area contributed by atoms with Crippen molar-refractivity contribution in [3.05, 3.63) is 65.2 Å². The molecule has 1 fully saturated rings. The van der Waals surface area contributed by atoms with E-state index in [1.807, 2.05) is 0 Å². The minimum atomic E-state index is -0.662. The first-order valence-corrected chi connectivity index (χ1v) is 8.03. The van der Waals surface area contributed by atoms with E-state index >= 15 is 0 Å². The van der Waals surface area contributed by atoms with Crippen LogP contribution in [0.3, 0.4) is 0 Å². The number of carbonyl (C=O) groups excluding carboxylic acids is 1. The van der Waals surface area contributed by atoms with Gasteiger partial charge >= 0.3 is 0 Å². The van der Waals surface area contributed by atoms with Gasteiger partial charge < -0.3 is 14.7 Å². The summed E-state index contributed by atoms with van der Waals surface area (Å²) in [5.41, 5.74) is 1.16. The number of carbonyl (C=O) groups is 1. The summed E-state index contributed by atoms with van der Waals surface area (Å²) in [6.45, 7) is 0.179. The van der Waals surface area contributed by atoms with Crippen LogP contribution in [0.4, 0.5) is 8.78 Å². The number of aliphatic hydroxyl groups is 1. The predicted octanol–water partition coefficient (Wildman–Crippen LogP) is 2.85. The summed E-state index contributed by atoms with van der Waals surface area (Å²) in [7, 11) is 1.37. The van der Waals surface area contributed by atoms with Crippen LogP contribution in [-0.2, 0) is 11.2 Å². The van der Waals surface area contributed by atoms with Gasteiger partial charge in [-0.2, -0.15) is 0 Å². The van der Waals surface area contributed by atoms with Crippen LogP contribution in [0.2, 0.25) is 0 Å². The highest BCUT2D eigenvalue weighted by Gasteiger charge is 2.35. The van der Waals surface area contributed by atoms with Crippen LogP contribution >= 0.6 is 0 Å². The van der Waals surface area contributed by atoms with Gasteiger partial charge in [0, 0.05) is 6.54 Å². The zero-order valence-corrected chi connectivity index (χ0v) is 13.8. The molecule has 0 saturated carbocycles. The third kappa shape index (κ3) is 3.79. The van der Waals surface area contributed by atoms with E-state index in [2.05, 4.69) is 0 Å². The molecule has 1 aliphatic heterocycles. The van der Waals surface area contributed by atoms with Gasteiger partial charge in [-0.1, -0.05) is 18.2 Å². The highest BCUT2D eigenvalue weighted by atomic mass is 19.1. The van der Waals surface area contributed by atoms with Crippen molar-refractivity contribution in [2.75, 3.05) is 13.7 Å². The maximum absolute atomic E-state index is 13.8. The summed E-state index contributed by atoms with van der Waals surface area (Å²) >= 11 is 0. The van der Waals surface area contributed by atoms with Crippen molar-refractivity contribution >= 4 is 5.91 Å². The van der Waals surface area contributed by atoms with Crippen LogP contribution in [0.15, 0.2) is 42.5 Å². The molecule has 0 aliphatic carbocycles. The Morgan fingerprint density at radius 2 is 2.08 bits per heavy atom. The van der Waals surface area contributed by atoms with Gasteiger partial charge in [-0.05, 0) is 41.8 Å². The molecule has 1 saturated heterocycles. The fraction of sp³-hybridized carbons (Fsp3) is 0.316. The normalized spacial score (nSPS) is 19.9. The number of benzene rings is 2. The lowest BCUT2D eigenvalue weighted by Crippen LogP contribution is -2.33. The van der Waals surface area contributed by atoms with Crippen LogP contribution in [0.25, 0.3) is 0 Å². The smallest absolute Gasteiger partial charge is 0.227 e. The highest BCUT2D eigenvalue weighted by molar-refractivity contribution is 5.79. The first-order valence-electron chi connectivity index (χ1n) is 8.03. The largest absolute Gasteiger partial charge is 0.494 e. The summed E-state index contributed by atoms with van der Waals surface area (Å²) in [6.07, 6.45) is -0.309. The maximum atomic E-state index is 13.8. The van der Waals surface area contributed by atoms with E-state index in [-0.39, 0.29) is 36.5 Å². The Labute approximate surface area is 144 Å². The number of hydrogen-bond acceptors (Lipinski definition) is 3. The van der Waals surface area contributed by atoms with Crippen molar-refractivity contribution in [2.45, 2.75) is 25.0 Å². The number of β-amino-alcohol motifs (C(OH)–C–C–N with tert-alkyl or cyclic N) is 1. The second-order valence-electron chi connectivity index (χ2n) is 6.15. The molecule has 132 valence electrons. The molecule has 1 N–H and O–H groups in total. The molecule has 3 rings (SSSR count). The Bertz CT molecular complexity index is 781. The van der Waals surface area contributed by atoms with Crippen molar-refractivity contribution in [1.29, 1.82) is 0 Å². The molecule has 0 spiro atoms. The molecule has 2 aromatic rings. The van der Waals surface area contributed by atoms with Crippen molar-refractivity contribution in [2.24, 2.45) is 0 Å². The number of methoxy groups -OCH3 is 1. The number of hydrogen-bond donors (Lipinski definition) is 1. The van der Waals surface area contributed by atoms with Crippen LogP contribution < -0.4 is 4.74 Å². The molecule has 1 amide bonds. The Hall–Kier alpha value is -2.47. The fourth-order valence-electron chi connectivity index (χ4n) is 3.22. The van der Waals surface area contributed by atoms with Gasteiger partial charge in [0.05, 0.1) is 25.7 Å². The van der Waals surface area contributed by atoms with Gasteiger partial charge in [0.2, 0.25) is 5.91 Å². The van der Waals surface area contributed by atoms with E-state index in [1.54, 1.807) is 18.2 Å². The summed E-state index contributed by atoms with van der Waals surface area (Å²) < 4.78 is 32.1. The molecule has 6 heteroatoms. The molecule has 0 aromatic heterocycles. The number of aliphatic hydroxyl groups excluding tert-OH is 1. The number of amides is 1. The number of halogens is 2. The summed E-state index contributed by atoms with van der Waals surface area (Å²) in [6, 6.07) is 10.00. The molecular weight excluding hydrogens is 328 g/mol. The van der Waals surface area contributed by atoms with E-state index in [0.29, 0.717) is 17.5 Å². The van der Waals surface area contributed by atoms with E-state index < -0.39 is 11.9 Å². The lowest BCUT2D eigenvalue weighted by Gasteiger charge is -2.25. The molecule has 25 heavy (non-hydrogen) atoms. The first kappa shape index (κ1) is 17.4. The summed E-state index contributed by atoms with van der Waals surface area (Å²) in [4.78, 5) is 14.2. The van der Waals surface area contributed by atoms with Gasteiger partial charge in [0.1, 0.15) is 5.82 Å². The third-order valence-corrected chi connectivity index (χ3v) is 4.40. The van der Waals surface area contributed by atoms with Crippen LogP contribution in [0.1, 0.15) is 23.6 Å². The Balaban J connectivity index is 1.79. The Kier molecular flexibility index (Phi) is 4.99. The molecule has 0 bridgehead atoms. The molecule has 2 atom stereocenters. The van der Waals surface area contributed by atoms with Crippen molar-refractivity contribution in [1.82, 2.24) is 4.90 Å². The van der Waals surface area contributed by atoms with Crippen LogP contribution in [-0.4, -0.2) is 35.7 Å². The number of likely N-dealkylation sites (tertiary alicyclic amines) is 1. The number of rotatable bonds is 4. The zero-order chi connectivity index (χ0) is 18.0. The first-order chi connectivity index (χ1) is 12.0. The lowest BCUT2D eigenvalue weighted by atomic mass is 10.0. The Morgan fingerprint density at radius 3 is 2.76 bits per heavy atom. The van der Waals surface area contributed by atoms with E-state index in [1.165, 1.54) is 36.3 Å². The molecule has 0 unspecified atom stereocenters. The quantitative estimate of drug-likeness (QED) is 0.925. The van der Waals surface area contributed by atoms with E-state index in [4.69, 9.17) is 4.74 Å². The van der Waals surface area contributed by atoms with Gasteiger partial charge in [-0.25, -0.2) is 8.78 Å². The molecule has 2 aromatic carbocycles. The van der Waals surface area contributed by atoms with Gasteiger partial charge in [-0.3, -0.25) is 4.79 Å². The lowest BCUT2D eigenvalue weighted by molar-refractivity contribution is -0.131. The predicted molar refractivity (Wildman–Crippen MR) is 88.1 cm³/mol. The van der Waals surface area contributed by atoms with Crippen molar-refractivity contribution in [3.8, 4) is 5.75 Å². The maximum Gasteiger partial charge on any atom is 0.227 e. The topological polar surface area (TPSA) is 49.8 Å². The fourth-order valence-corrected chi connectivity index (χ4v) is 3.22. The molecule has 4 nitrogen and oxygen atoms in total. The average Bonchev–Trinajstić information content (AvgIpc) is 2.97. The zero-order valence-electron chi connectivity index (χ0n) is 13.8. The summed E-state index contributed by atoms with van der Waals surface area (Å²) in [5.74, 6) is -1.04. The SMILES string of the molecule is COc1ccc(CC(=O)N2C[C@@H](O)C[C@@H]2c2cccc(F)c2)cc1F. The second-order valence-corrected chi connectivity index (χ2v) is 6.15. The molecule has 1 aliphatic rings. The minimum Gasteiger partial charge on any atom is -0.494 e. The van der Waals surface area contributed by atoms with Crippen LogP contribution in [0, 0.1) is 11.6 Å².